The molecule has 0 atom stereocenters. The van der Waals surface area contributed by atoms with Crippen molar-refractivity contribution in [3.05, 3.63) is 0 Å². The normalized spacial score (nSPS) is 20.6. The molecule has 0 bridgehead atoms. The second-order valence-electron chi connectivity index (χ2n) is 3.17. The zero-order chi connectivity index (χ0) is 9.19. The van der Waals surface area contributed by atoms with Crippen molar-refractivity contribution in [2.45, 2.75) is 19.4 Å². The van der Waals surface area contributed by atoms with E-state index in [9.17, 15) is 4.79 Å². The van der Waals surface area contributed by atoms with E-state index in [0.29, 0.717) is 13.1 Å². The second kappa shape index (κ2) is 3.41. The van der Waals surface area contributed by atoms with Gasteiger partial charge in [0.05, 0.1) is 0 Å². The number of nitrogens with zero attached hydrogens (tertiary/aromatic N) is 1. The largest absolute Gasteiger partial charge is 0.368 e. The average Bonchev–Trinajstić information content (AvgIpc) is 1.95. The minimum atomic E-state index is -0.399. The van der Waals surface area contributed by atoms with Gasteiger partial charge in [-0.05, 0) is 13.1 Å². The third kappa shape index (κ3) is 1.21. The summed E-state index contributed by atoms with van der Waals surface area (Å²) in [7, 11) is 0. The zero-order valence-corrected chi connectivity index (χ0v) is 7.76. The molecule has 4 heteroatoms. The lowest BCUT2D eigenvalue weighted by Gasteiger charge is -2.47. The van der Waals surface area contributed by atoms with Gasteiger partial charge >= 0.3 is 0 Å². The summed E-state index contributed by atoms with van der Waals surface area (Å²) in [6, 6.07) is 0. The van der Waals surface area contributed by atoms with Crippen LogP contribution in [0.1, 0.15) is 13.8 Å². The molecule has 1 fully saturated rings. The summed E-state index contributed by atoms with van der Waals surface area (Å²) in [5.74, 6) is -0.204. The van der Waals surface area contributed by atoms with Crippen LogP contribution in [0.15, 0.2) is 0 Å². The van der Waals surface area contributed by atoms with Crippen LogP contribution in [-0.2, 0) is 4.79 Å². The molecule has 1 amide bonds. The lowest BCUT2D eigenvalue weighted by molar-refractivity contribution is -0.133. The highest BCUT2D eigenvalue weighted by atomic mass is 16.2. The first kappa shape index (κ1) is 9.48. The summed E-state index contributed by atoms with van der Waals surface area (Å²) in [4.78, 5) is 13.3. The first-order chi connectivity index (χ1) is 5.67. The van der Waals surface area contributed by atoms with Gasteiger partial charge in [0, 0.05) is 13.1 Å². The number of likely N-dealkylation sites (N-methyl/N-ethyl adjacent to an activating group) is 1. The highest BCUT2D eigenvalue weighted by molar-refractivity contribution is 5.86. The van der Waals surface area contributed by atoms with E-state index >= 15 is 0 Å². The van der Waals surface area contributed by atoms with Crippen LogP contribution < -0.4 is 11.1 Å². The molecule has 3 N–H and O–H groups in total. The maximum atomic E-state index is 11.2. The number of nitrogens with two attached hydrogens (primary N) is 1. The molecule has 1 heterocycles. The number of nitrogens with one attached hydrogen (secondary N) is 1. The number of carbonyl (C=O) groups excluding carboxylic acids is 1. The van der Waals surface area contributed by atoms with Gasteiger partial charge in [0.25, 0.3) is 0 Å². The molecule has 70 valence electrons. The third-order valence-electron chi connectivity index (χ3n) is 2.66. The van der Waals surface area contributed by atoms with Gasteiger partial charge < -0.3 is 11.1 Å². The summed E-state index contributed by atoms with van der Waals surface area (Å²) in [6.07, 6.45) is 0. The van der Waals surface area contributed by atoms with Crippen LogP contribution >= 0.6 is 0 Å². The van der Waals surface area contributed by atoms with Crippen molar-refractivity contribution >= 4 is 5.91 Å². The quantitative estimate of drug-likeness (QED) is 0.579. The Kier molecular flexibility index (Phi) is 2.69. The molecule has 0 aliphatic carbocycles. The van der Waals surface area contributed by atoms with E-state index in [1.165, 1.54) is 0 Å². The van der Waals surface area contributed by atoms with Crippen molar-refractivity contribution in [3.63, 3.8) is 0 Å². The van der Waals surface area contributed by atoms with E-state index < -0.39 is 5.54 Å². The van der Waals surface area contributed by atoms with Crippen LogP contribution in [0.25, 0.3) is 0 Å². The first-order valence-electron chi connectivity index (χ1n) is 4.43. The van der Waals surface area contributed by atoms with Gasteiger partial charge in [-0.1, -0.05) is 13.8 Å². The Morgan fingerprint density at radius 1 is 1.50 bits per heavy atom. The van der Waals surface area contributed by atoms with E-state index in [0.717, 1.165) is 13.1 Å². The lowest BCUT2D eigenvalue weighted by Crippen LogP contribution is -2.74. The Hall–Kier alpha value is -0.610. The molecule has 0 radical (unpaired) electrons. The predicted molar refractivity (Wildman–Crippen MR) is 47.7 cm³/mol. The fraction of sp³-hybridized carbons (Fsp3) is 0.875. The third-order valence-corrected chi connectivity index (χ3v) is 2.66. The van der Waals surface area contributed by atoms with Crippen LogP contribution in [0.2, 0.25) is 0 Å². The molecule has 1 aliphatic rings. The summed E-state index contributed by atoms with van der Waals surface area (Å²) >= 11 is 0. The van der Waals surface area contributed by atoms with E-state index in [1.807, 2.05) is 13.8 Å². The van der Waals surface area contributed by atoms with Crippen LogP contribution in [-0.4, -0.2) is 42.5 Å². The highest BCUT2D eigenvalue weighted by Crippen LogP contribution is 2.19. The van der Waals surface area contributed by atoms with Gasteiger partial charge in [-0.2, -0.15) is 0 Å². The smallest absolute Gasteiger partial charge is 0.240 e. The molecule has 0 unspecified atom stereocenters. The van der Waals surface area contributed by atoms with Crippen molar-refractivity contribution in [2.24, 2.45) is 5.73 Å². The van der Waals surface area contributed by atoms with Crippen LogP contribution in [0, 0.1) is 0 Å². The molecule has 0 aromatic rings. The van der Waals surface area contributed by atoms with Crippen molar-refractivity contribution < 1.29 is 4.79 Å². The number of hydrogen-bond acceptors (Lipinski definition) is 3. The Morgan fingerprint density at radius 2 is 2.00 bits per heavy atom. The van der Waals surface area contributed by atoms with Crippen LogP contribution in [0.4, 0.5) is 0 Å². The first-order valence-corrected chi connectivity index (χ1v) is 4.43. The minimum absolute atomic E-state index is 0.204. The van der Waals surface area contributed by atoms with Crippen molar-refractivity contribution in [3.8, 4) is 0 Å². The summed E-state index contributed by atoms with van der Waals surface area (Å²) in [5, 5.41) is 3.09. The maximum absolute atomic E-state index is 11.2. The number of hydrogen-bond donors (Lipinski definition) is 2. The number of primary amides is 1. The summed E-state index contributed by atoms with van der Waals surface area (Å²) < 4.78 is 0. The van der Waals surface area contributed by atoms with Gasteiger partial charge in [-0.3, -0.25) is 9.69 Å². The monoisotopic (exact) mass is 171 g/mol. The Bertz CT molecular complexity index is 173. The molecule has 0 aromatic heterocycles. The highest BCUT2D eigenvalue weighted by Gasteiger charge is 2.46. The van der Waals surface area contributed by atoms with Crippen LogP contribution in [0.3, 0.4) is 0 Å². The Morgan fingerprint density at radius 3 is 2.08 bits per heavy atom. The lowest BCUT2D eigenvalue weighted by atomic mass is 9.89. The van der Waals surface area contributed by atoms with E-state index in [2.05, 4.69) is 10.2 Å². The second-order valence-corrected chi connectivity index (χ2v) is 3.17. The van der Waals surface area contributed by atoms with Crippen LogP contribution in [0.5, 0.6) is 0 Å². The number of amides is 1. The molecule has 1 saturated heterocycles. The summed E-state index contributed by atoms with van der Waals surface area (Å²) in [5.41, 5.74) is 4.96. The van der Waals surface area contributed by atoms with E-state index in [-0.39, 0.29) is 5.91 Å². The molecular weight excluding hydrogens is 154 g/mol. The number of carbonyl (C=O) groups is 1. The summed E-state index contributed by atoms with van der Waals surface area (Å²) in [6.45, 7) is 7.25. The van der Waals surface area contributed by atoms with Gasteiger partial charge in [0.15, 0.2) is 0 Å². The van der Waals surface area contributed by atoms with Gasteiger partial charge in [0.2, 0.25) is 5.91 Å². The van der Waals surface area contributed by atoms with Gasteiger partial charge in [0.1, 0.15) is 5.54 Å². The van der Waals surface area contributed by atoms with E-state index in [4.69, 9.17) is 5.73 Å². The van der Waals surface area contributed by atoms with Crippen molar-refractivity contribution in [1.82, 2.24) is 10.2 Å². The maximum Gasteiger partial charge on any atom is 0.240 e. The van der Waals surface area contributed by atoms with Gasteiger partial charge in [-0.15, -0.1) is 0 Å². The molecule has 12 heavy (non-hydrogen) atoms. The molecular formula is C8H17N3O. The Balaban J connectivity index is 2.71. The van der Waals surface area contributed by atoms with E-state index in [1.54, 1.807) is 0 Å². The average molecular weight is 171 g/mol. The zero-order valence-electron chi connectivity index (χ0n) is 7.76. The number of rotatable bonds is 4. The predicted octanol–water partition coefficient (Wildman–Crippen LogP) is -0.844. The van der Waals surface area contributed by atoms with Crippen molar-refractivity contribution in [2.75, 3.05) is 26.2 Å². The molecule has 4 nitrogen and oxygen atoms in total. The molecule has 0 aromatic carbocycles. The van der Waals surface area contributed by atoms with Gasteiger partial charge in [-0.25, -0.2) is 0 Å². The topological polar surface area (TPSA) is 58.4 Å². The Labute approximate surface area is 73.1 Å². The molecule has 0 saturated carbocycles. The molecule has 1 rings (SSSR count). The standard InChI is InChI=1S/C8H17N3O/c1-3-11(4-2)8(7(9)12)5-10-6-8/h10H,3-6H2,1-2H3,(H2,9,12). The minimum Gasteiger partial charge on any atom is -0.368 e. The fourth-order valence-corrected chi connectivity index (χ4v) is 1.74. The SMILES string of the molecule is CCN(CC)C1(C(N)=O)CNC1. The molecule has 0 spiro atoms. The van der Waals surface area contributed by atoms with Crippen molar-refractivity contribution in [1.29, 1.82) is 0 Å². The molecule has 1 aliphatic heterocycles. The fourth-order valence-electron chi connectivity index (χ4n) is 1.74.